The van der Waals surface area contributed by atoms with Crippen LogP contribution in [0.15, 0.2) is 0 Å². The number of nitrogens with zero attached hydrogens (tertiary/aromatic N) is 1. The van der Waals surface area contributed by atoms with Crippen molar-refractivity contribution in [3.63, 3.8) is 0 Å². The standard InChI is InChI=1S/C5H11NO.2C2H6/c1-6-2-4-7-5-3-6;2*1-2/h2-5H2,1H3;2*1-2H3. The maximum Gasteiger partial charge on any atom is 0.0594 e. The fourth-order valence-corrected chi connectivity index (χ4v) is 0.655. The van der Waals surface area contributed by atoms with Gasteiger partial charge in [-0.2, -0.15) is 0 Å². The molecular formula is C9H23NO. The molecule has 1 fully saturated rings. The predicted octanol–water partition coefficient (Wildman–Crippen LogP) is 2.00. The fourth-order valence-electron chi connectivity index (χ4n) is 0.655. The molecule has 1 heterocycles. The summed E-state index contributed by atoms with van der Waals surface area (Å²) in [5.74, 6) is 0. The Bertz CT molecular complexity index is 51.5. The molecule has 0 aromatic heterocycles. The highest BCUT2D eigenvalue weighted by Gasteiger charge is 2.02. The molecule has 0 radical (unpaired) electrons. The van der Waals surface area contributed by atoms with Gasteiger partial charge in [-0.05, 0) is 7.05 Å². The Labute approximate surface area is 71.5 Å². The summed E-state index contributed by atoms with van der Waals surface area (Å²) in [6.07, 6.45) is 0. The van der Waals surface area contributed by atoms with Crippen molar-refractivity contribution in [1.29, 1.82) is 0 Å². The van der Waals surface area contributed by atoms with E-state index in [9.17, 15) is 0 Å². The molecule has 70 valence electrons. The van der Waals surface area contributed by atoms with E-state index in [0.717, 1.165) is 26.3 Å². The average molecular weight is 161 g/mol. The van der Waals surface area contributed by atoms with Gasteiger partial charge in [0.1, 0.15) is 0 Å². The van der Waals surface area contributed by atoms with E-state index in [4.69, 9.17) is 4.74 Å². The number of likely N-dealkylation sites (N-methyl/N-ethyl adjacent to an activating group) is 1. The normalized spacial score (nSPS) is 17.2. The summed E-state index contributed by atoms with van der Waals surface area (Å²) in [5, 5.41) is 0. The Balaban J connectivity index is 0. The number of hydrogen-bond donors (Lipinski definition) is 0. The van der Waals surface area contributed by atoms with Crippen LogP contribution in [0.4, 0.5) is 0 Å². The molecule has 0 atom stereocenters. The summed E-state index contributed by atoms with van der Waals surface area (Å²) in [7, 11) is 2.11. The Morgan fingerprint density at radius 1 is 0.909 bits per heavy atom. The molecule has 0 aliphatic carbocycles. The zero-order chi connectivity index (χ0) is 9.11. The molecule has 1 aliphatic heterocycles. The van der Waals surface area contributed by atoms with E-state index in [0.29, 0.717) is 0 Å². The lowest BCUT2D eigenvalue weighted by Crippen LogP contribution is -2.32. The van der Waals surface area contributed by atoms with Crippen LogP contribution in [-0.2, 0) is 4.74 Å². The van der Waals surface area contributed by atoms with Crippen LogP contribution in [-0.4, -0.2) is 38.3 Å². The van der Waals surface area contributed by atoms with Crippen LogP contribution >= 0.6 is 0 Å². The number of morpholine rings is 1. The lowest BCUT2D eigenvalue weighted by molar-refractivity contribution is 0.0503. The maximum absolute atomic E-state index is 5.10. The molecule has 1 aliphatic rings. The van der Waals surface area contributed by atoms with Crippen molar-refractivity contribution in [3.05, 3.63) is 0 Å². The van der Waals surface area contributed by atoms with Crippen LogP contribution in [0.2, 0.25) is 0 Å². The van der Waals surface area contributed by atoms with E-state index >= 15 is 0 Å². The molecule has 0 N–H and O–H groups in total. The molecule has 0 bridgehead atoms. The Morgan fingerprint density at radius 3 is 1.45 bits per heavy atom. The molecule has 0 aromatic carbocycles. The van der Waals surface area contributed by atoms with Gasteiger partial charge in [-0.1, -0.05) is 27.7 Å². The molecule has 0 unspecified atom stereocenters. The highest BCUT2D eigenvalue weighted by Crippen LogP contribution is 1.89. The smallest absolute Gasteiger partial charge is 0.0594 e. The summed E-state index contributed by atoms with van der Waals surface area (Å²) in [4.78, 5) is 2.27. The van der Waals surface area contributed by atoms with Crippen molar-refractivity contribution in [1.82, 2.24) is 4.90 Å². The molecule has 1 saturated heterocycles. The average Bonchev–Trinajstić information content (AvgIpc) is 2.13. The molecule has 2 heteroatoms. The van der Waals surface area contributed by atoms with Gasteiger partial charge >= 0.3 is 0 Å². The molecule has 11 heavy (non-hydrogen) atoms. The second kappa shape index (κ2) is 12.6. The quantitative estimate of drug-likeness (QED) is 0.539. The van der Waals surface area contributed by atoms with Gasteiger partial charge in [0.25, 0.3) is 0 Å². The van der Waals surface area contributed by atoms with E-state index in [1.54, 1.807) is 0 Å². The van der Waals surface area contributed by atoms with E-state index in [-0.39, 0.29) is 0 Å². The summed E-state index contributed by atoms with van der Waals surface area (Å²) in [5.41, 5.74) is 0. The van der Waals surface area contributed by atoms with Crippen molar-refractivity contribution >= 4 is 0 Å². The van der Waals surface area contributed by atoms with E-state index in [2.05, 4.69) is 11.9 Å². The summed E-state index contributed by atoms with van der Waals surface area (Å²) >= 11 is 0. The third-order valence-electron chi connectivity index (χ3n) is 1.23. The molecule has 1 rings (SSSR count). The molecular weight excluding hydrogens is 138 g/mol. The number of ether oxygens (including phenoxy) is 1. The minimum absolute atomic E-state index is 0.913. The third-order valence-corrected chi connectivity index (χ3v) is 1.23. The lowest BCUT2D eigenvalue weighted by Gasteiger charge is -2.21. The van der Waals surface area contributed by atoms with Crippen molar-refractivity contribution in [2.45, 2.75) is 27.7 Å². The first-order valence-electron chi connectivity index (χ1n) is 4.66. The molecule has 0 saturated carbocycles. The number of hydrogen-bond acceptors (Lipinski definition) is 2. The highest BCUT2D eigenvalue weighted by atomic mass is 16.5. The zero-order valence-corrected chi connectivity index (χ0v) is 8.68. The van der Waals surface area contributed by atoms with Crippen molar-refractivity contribution < 1.29 is 4.74 Å². The molecule has 0 spiro atoms. The van der Waals surface area contributed by atoms with Crippen LogP contribution in [0.3, 0.4) is 0 Å². The maximum atomic E-state index is 5.10. The molecule has 2 nitrogen and oxygen atoms in total. The largest absolute Gasteiger partial charge is 0.379 e. The van der Waals surface area contributed by atoms with Crippen LogP contribution < -0.4 is 0 Å². The van der Waals surface area contributed by atoms with Crippen LogP contribution in [0.25, 0.3) is 0 Å². The van der Waals surface area contributed by atoms with Gasteiger partial charge in [0.15, 0.2) is 0 Å². The van der Waals surface area contributed by atoms with Gasteiger partial charge in [-0.3, -0.25) is 0 Å². The zero-order valence-electron chi connectivity index (χ0n) is 8.68. The number of rotatable bonds is 0. The predicted molar refractivity (Wildman–Crippen MR) is 51.0 cm³/mol. The molecule has 0 amide bonds. The Kier molecular flexibility index (Phi) is 15.4. The summed E-state index contributed by atoms with van der Waals surface area (Å²) in [6, 6.07) is 0. The second-order valence-electron chi connectivity index (χ2n) is 1.92. The van der Waals surface area contributed by atoms with Crippen molar-refractivity contribution in [2.75, 3.05) is 33.4 Å². The SMILES string of the molecule is CC.CC.CN1CCOCC1. The fraction of sp³-hybridized carbons (Fsp3) is 1.00. The van der Waals surface area contributed by atoms with Crippen LogP contribution in [0.1, 0.15) is 27.7 Å². The topological polar surface area (TPSA) is 12.5 Å². The highest BCUT2D eigenvalue weighted by molar-refractivity contribution is 4.53. The van der Waals surface area contributed by atoms with Gasteiger partial charge in [0.05, 0.1) is 13.2 Å². The Hall–Kier alpha value is -0.0800. The first-order chi connectivity index (χ1) is 5.39. The van der Waals surface area contributed by atoms with Crippen molar-refractivity contribution in [3.8, 4) is 0 Å². The van der Waals surface area contributed by atoms with Crippen LogP contribution in [0.5, 0.6) is 0 Å². The van der Waals surface area contributed by atoms with Crippen molar-refractivity contribution in [2.24, 2.45) is 0 Å². The van der Waals surface area contributed by atoms with Gasteiger partial charge in [-0.25, -0.2) is 0 Å². The van der Waals surface area contributed by atoms with Gasteiger partial charge in [-0.15, -0.1) is 0 Å². The first-order valence-corrected chi connectivity index (χ1v) is 4.66. The Morgan fingerprint density at radius 2 is 1.27 bits per heavy atom. The van der Waals surface area contributed by atoms with Gasteiger partial charge in [0, 0.05) is 13.1 Å². The van der Waals surface area contributed by atoms with E-state index in [1.807, 2.05) is 27.7 Å². The van der Waals surface area contributed by atoms with Crippen LogP contribution in [0, 0.1) is 0 Å². The second-order valence-corrected chi connectivity index (χ2v) is 1.92. The minimum atomic E-state index is 0.913. The minimum Gasteiger partial charge on any atom is -0.379 e. The summed E-state index contributed by atoms with van der Waals surface area (Å²) in [6.45, 7) is 12.0. The van der Waals surface area contributed by atoms with Gasteiger partial charge in [0.2, 0.25) is 0 Å². The van der Waals surface area contributed by atoms with E-state index < -0.39 is 0 Å². The molecule has 0 aromatic rings. The van der Waals surface area contributed by atoms with E-state index in [1.165, 1.54) is 0 Å². The lowest BCUT2D eigenvalue weighted by atomic mass is 10.5. The third kappa shape index (κ3) is 9.92. The first kappa shape index (κ1) is 13.5. The summed E-state index contributed by atoms with van der Waals surface area (Å²) < 4.78 is 5.10. The van der Waals surface area contributed by atoms with Gasteiger partial charge < -0.3 is 9.64 Å². The monoisotopic (exact) mass is 161 g/mol.